The number of hydrogen-bond donors (Lipinski definition) is 2. The average Bonchev–Trinajstić information content (AvgIpc) is 2.58. The van der Waals surface area contributed by atoms with Crippen LogP contribution in [-0.4, -0.2) is 65.2 Å². The maximum Gasteiger partial charge on any atom is 0.407 e. The van der Waals surface area contributed by atoms with E-state index in [-0.39, 0.29) is 38.2 Å². The molecule has 0 radical (unpaired) electrons. The van der Waals surface area contributed by atoms with Crippen LogP contribution in [0.5, 0.6) is 0 Å². The number of ether oxygens (including phenoxy) is 1. The molecule has 0 spiro atoms. The zero-order chi connectivity index (χ0) is 17.5. The number of benzene rings is 1. The van der Waals surface area contributed by atoms with Crippen LogP contribution in [0.3, 0.4) is 0 Å². The van der Waals surface area contributed by atoms with Gasteiger partial charge in [0.25, 0.3) is 0 Å². The molecule has 1 aromatic rings. The Labute approximate surface area is 140 Å². The molecule has 0 saturated carbocycles. The summed E-state index contributed by atoms with van der Waals surface area (Å²) in [7, 11) is 0. The van der Waals surface area contributed by atoms with Crippen LogP contribution in [0.15, 0.2) is 30.3 Å². The van der Waals surface area contributed by atoms with E-state index in [1.807, 2.05) is 30.3 Å². The van der Waals surface area contributed by atoms with E-state index in [1.165, 1.54) is 4.90 Å². The molecule has 1 saturated heterocycles. The molecule has 0 bridgehead atoms. The van der Waals surface area contributed by atoms with Gasteiger partial charge in [-0.2, -0.15) is 0 Å². The lowest BCUT2D eigenvalue weighted by molar-refractivity contribution is -0.134. The molecule has 24 heavy (non-hydrogen) atoms. The van der Waals surface area contributed by atoms with Crippen LogP contribution in [0, 0.1) is 0 Å². The first-order valence-corrected chi connectivity index (χ1v) is 7.69. The zero-order valence-corrected chi connectivity index (χ0v) is 13.5. The van der Waals surface area contributed by atoms with Gasteiger partial charge in [-0.1, -0.05) is 30.3 Å². The fourth-order valence-corrected chi connectivity index (χ4v) is 2.53. The number of rotatable bonds is 4. The van der Waals surface area contributed by atoms with Crippen molar-refractivity contribution >= 4 is 18.1 Å². The van der Waals surface area contributed by atoms with Gasteiger partial charge in [0.2, 0.25) is 5.91 Å². The van der Waals surface area contributed by atoms with E-state index in [9.17, 15) is 14.4 Å². The third kappa shape index (κ3) is 4.87. The van der Waals surface area contributed by atoms with Gasteiger partial charge >= 0.3 is 12.2 Å². The van der Waals surface area contributed by atoms with E-state index in [0.29, 0.717) is 6.54 Å². The van der Waals surface area contributed by atoms with Crippen LogP contribution >= 0.6 is 0 Å². The van der Waals surface area contributed by atoms with E-state index in [4.69, 9.17) is 9.84 Å². The molecule has 0 aromatic heterocycles. The maximum atomic E-state index is 12.2. The van der Waals surface area contributed by atoms with Crippen molar-refractivity contribution in [2.45, 2.75) is 19.6 Å². The summed E-state index contributed by atoms with van der Waals surface area (Å²) in [6.45, 7) is 2.58. The molecule has 1 aromatic carbocycles. The van der Waals surface area contributed by atoms with Gasteiger partial charge in [-0.3, -0.25) is 4.79 Å². The maximum absolute atomic E-state index is 12.2. The third-order valence-corrected chi connectivity index (χ3v) is 3.82. The number of nitrogens with one attached hydrogen (secondary N) is 1. The predicted octanol–water partition coefficient (Wildman–Crippen LogP) is 1.12. The molecule has 1 heterocycles. The standard InChI is InChI=1S/C16H21N3O5/c1-12-10-18(16(22)23)7-8-19(12)14(20)9-17-15(21)24-11-13-5-3-2-4-6-13/h2-6,12H,7-11H2,1H3,(H,17,21)(H,22,23)/t12-/m0/s1. The van der Waals surface area contributed by atoms with E-state index in [2.05, 4.69) is 5.32 Å². The van der Waals surface area contributed by atoms with Gasteiger partial charge in [0.1, 0.15) is 13.2 Å². The number of carboxylic acid groups (broad SMARTS) is 1. The minimum absolute atomic E-state index is 0.133. The lowest BCUT2D eigenvalue weighted by atomic mass is 10.2. The normalized spacial score (nSPS) is 17.3. The van der Waals surface area contributed by atoms with Crippen molar-refractivity contribution in [3.05, 3.63) is 35.9 Å². The molecular formula is C16H21N3O5. The summed E-state index contributed by atoms with van der Waals surface area (Å²) in [4.78, 5) is 37.6. The van der Waals surface area contributed by atoms with Gasteiger partial charge in [0, 0.05) is 25.7 Å². The van der Waals surface area contributed by atoms with Gasteiger partial charge < -0.3 is 25.0 Å². The van der Waals surface area contributed by atoms with Gasteiger partial charge in [0.15, 0.2) is 0 Å². The van der Waals surface area contributed by atoms with Crippen LogP contribution in [0.2, 0.25) is 0 Å². The van der Waals surface area contributed by atoms with E-state index < -0.39 is 12.2 Å². The molecule has 2 rings (SSSR count). The molecule has 8 nitrogen and oxygen atoms in total. The Morgan fingerprint density at radius 2 is 1.96 bits per heavy atom. The van der Waals surface area contributed by atoms with E-state index >= 15 is 0 Å². The number of nitrogens with zero attached hydrogens (tertiary/aromatic N) is 2. The van der Waals surface area contributed by atoms with Crippen molar-refractivity contribution in [1.29, 1.82) is 0 Å². The van der Waals surface area contributed by atoms with Crippen LogP contribution < -0.4 is 5.32 Å². The van der Waals surface area contributed by atoms with Crippen molar-refractivity contribution in [2.75, 3.05) is 26.2 Å². The second-order valence-electron chi connectivity index (χ2n) is 5.58. The lowest BCUT2D eigenvalue weighted by Crippen LogP contribution is -2.56. The van der Waals surface area contributed by atoms with Crippen LogP contribution in [0.1, 0.15) is 12.5 Å². The largest absolute Gasteiger partial charge is 0.465 e. The number of hydrogen-bond acceptors (Lipinski definition) is 4. The quantitative estimate of drug-likeness (QED) is 0.859. The van der Waals surface area contributed by atoms with E-state index in [0.717, 1.165) is 5.56 Å². The third-order valence-electron chi connectivity index (χ3n) is 3.82. The Kier molecular flexibility index (Phi) is 6.00. The summed E-state index contributed by atoms with van der Waals surface area (Å²) in [5.41, 5.74) is 0.859. The van der Waals surface area contributed by atoms with Crippen LogP contribution in [0.25, 0.3) is 0 Å². The molecule has 8 heteroatoms. The Bertz CT molecular complexity index is 593. The number of amides is 3. The summed E-state index contributed by atoms with van der Waals surface area (Å²) in [5, 5.41) is 11.4. The fourth-order valence-electron chi connectivity index (χ4n) is 2.53. The average molecular weight is 335 g/mol. The summed E-state index contributed by atoms with van der Waals surface area (Å²) < 4.78 is 5.03. The predicted molar refractivity (Wildman–Crippen MR) is 85.4 cm³/mol. The molecule has 130 valence electrons. The topological polar surface area (TPSA) is 99.2 Å². The highest BCUT2D eigenvalue weighted by atomic mass is 16.5. The van der Waals surface area contributed by atoms with Gasteiger partial charge in [-0.15, -0.1) is 0 Å². The molecular weight excluding hydrogens is 314 g/mol. The second kappa shape index (κ2) is 8.19. The Hall–Kier alpha value is -2.77. The van der Waals surface area contributed by atoms with Crippen molar-refractivity contribution in [2.24, 2.45) is 0 Å². The van der Waals surface area contributed by atoms with Gasteiger partial charge in [0.05, 0.1) is 0 Å². The molecule has 2 N–H and O–H groups in total. The lowest BCUT2D eigenvalue weighted by Gasteiger charge is -2.38. The van der Waals surface area contributed by atoms with Gasteiger partial charge in [-0.05, 0) is 12.5 Å². The molecule has 1 atom stereocenters. The summed E-state index contributed by atoms with van der Waals surface area (Å²) in [6.07, 6.45) is -1.65. The monoisotopic (exact) mass is 335 g/mol. The molecule has 3 amide bonds. The molecule has 0 unspecified atom stereocenters. The van der Waals surface area contributed by atoms with Crippen molar-refractivity contribution in [3.63, 3.8) is 0 Å². The highest BCUT2D eigenvalue weighted by Crippen LogP contribution is 2.09. The summed E-state index contributed by atoms with van der Waals surface area (Å²) in [5.74, 6) is -0.260. The number of piperazine rings is 1. The van der Waals surface area contributed by atoms with Crippen LogP contribution in [-0.2, 0) is 16.1 Å². The smallest absolute Gasteiger partial charge is 0.407 e. The summed E-state index contributed by atoms with van der Waals surface area (Å²) >= 11 is 0. The zero-order valence-electron chi connectivity index (χ0n) is 13.5. The Balaban J connectivity index is 1.72. The van der Waals surface area contributed by atoms with Gasteiger partial charge in [-0.25, -0.2) is 9.59 Å². The minimum Gasteiger partial charge on any atom is -0.465 e. The first-order valence-electron chi connectivity index (χ1n) is 7.69. The highest BCUT2D eigenvalue weighted by Gasteiger charge is 2.29. The SMILES string of the molecule is C[C@H]1CN(C(=O)O)CCN1C(=O)CNC(=O)OCc1ccccc1. The molecule has 1 fully saturated rings. The fraction of sp³-hybridized carbons (Fsp3) is 0.438. The summed E-state index contributed by atoms with van der Waals surface area (Å²) in [6, 6.07) is 9.00. The highest BCUT2D eigenvalue weighted by molar-refractivity contribution is 5.82. The Morgan fingerprint density at radius 1 is 1.25 bits per heavy atom. The number of alkyl carbamates (subject to hydrolysis) is 1. The molecule has 0 aliphatic carbocycles. The van der Waals surface area contributed by atoms with E-state index in [1.54, 1.807) is 11.8 Å². The van der Waals surface area contributed by atoms with Crippen LogP contribution in [0.4, 0.5) is 9.59 Å². The van der Waals surface area contributed by atoms with Crippen molar-refractivity contribution < 1.29 is 24.2 Å². The number of carbonyl (C=O) groups excluding carboxylic acids is 2. The molecule has 1 aliphatic rings. The first-order chi connectivity index (χ1) is 11.5. The second-order valence-corrected chi connectivity index (χ2v) is 5.58. The minimum atomic E-state index is -0.989. The number of carbonyl (C=O) groups is 3. The Morgan fingerprint density at radius 3 is 2.58 bits per heavy atom. The molecule has 1 aliphatic heterocycles. The van der Waals surface area contributed by atoms with Crippen molar-refractivity contribution in [3.8, 4) is 0 Å². The van der Waals surface area contributed by atoms with Crippen molar-refractivity contribution in [1.82, 2.24) is 15.1 Å². The first kappa shape index (κ1) is 17.6.